The van der Waals surface area contributed by atoms with E-state index in [0.717, 1.165) is 10.0 Å². The quantitative estimate of drug-likeness (QED) is 0.898. The molecule has 88 valence electrons. The number of rotatable bonds is 2. The van der Waals surface area contributed by atoms with E-state index >= 15 is 0 Å². The molecule has 1 aromatic carbocycles. The van der Waals surface area contributed by atoms with Crippen molar-refractivity contribution >= 4 is 37.5 Å². The number of nitrogens with two attached hydrogens (primary N) is 1. The van der Waals surface area contributed by atoms with Crippen LogP contribution in [0.15, 0.2) is 50.3 Å². The first-order valence-electron chi connectivity index (χ1n) is 4.96. The highest BCUT2D eigenvalue weighted by atomic mass is 79.9. The van der Waals surface area contributed by atoms with Crippen LogP contribution in [0.1, 0.15) is 5.56 Å². The Labute approximate surface area is 116 Å². The molecule has 0 atom stereocenters. The van der Waals surface area contributed by atoms with Gasteiger partial charge in [-0.1, -0.05) is 28.1 Å². The molecule has 3 nitrogen and oxygen atoms in total. The molecule has 17 heavy (non-hydrogen) atoms. The van der Waals surface area contributed by atoms with Crippen LogP contribution in [-0.2, 0) is 6.54 Å². The number of aromatic nitrogens is 1. The van der Waals surface area contributed by atoms with Crippen LogP contribution in [0.4, 0.5) is 5.69 Å². The van der Waals surface area contributed by atoms with E-state index in [1.807, 2.05) is 24.3 Å². The van der Waals surface area contributed by atoms with Crippen LogP contribution in [0, 0.1) is 0 Å². The number of pyridine rings is 1. The van der Waals surface area contributed by atoms with Crippen molar-refractivity contribution in [2.45, 2.75) is 6.54 Å². The highest BCUT2D eigenvalue weighted by Crippen LogP contribution is 2.14. The number of halogens is 2. The summed E-state index contributed by atoms with van der Waals surface area (Å²) in [4.78, 5) is 11.9. The Morgan fingerprint density at radius 1 is 1.24 bits per heavy atom. The second-order valence-electron chi connectivity index (χ2n) is 3.68. The van der Waals surface area contributed by atoms with Crippen molar-refractivity contribution in [3.63, 3.8) is 0 Å². The Morgan fingerprint density at radius 3 is 2.71 bits per heavy atom. The highest BCUT2D eigenvalue weighted by Gasteiger charge is 2.03. The maximum absolute atomic E-state index is 11.9. The van der Waals surface area contributed by atoms with Crippen LogP contribution in [-0.4, -0.2) is 4.57 Å². The topological polar surface area (TPSA) is 48.0 Å². The van der Waals surface area contributed by atoms with Crippen molar-refractivity contribution in [3.05, 3.63) is 61.4 Å². The standard InChI is InChI=1S/C12H10Br2N2O/c13-9-3-1-2-8(4-9)6-16-7-10(15)5-11(14)12(16)17/h1-5,7H,6,15H2. The monoisotopic (exact) mass is 356 g/mol. The van der Waals surface area contributed by atoms with Crippen molar-refractivity contribution in [1.82, 2.24) is 4.57 Å². The SMILES string of the molecule is Nc1cc(Br)c(=O)n(Cc2cccc(Br)c2)c1. The van der Waals surface area contributed by atoms with Gasteiger partial charge < -0.3 is 10.3 Å². The van der Waals surface area contributed by atoms with Crippen LogP contribution in [0.2, 0.25) is 0 Å². The average molecular weight is 358 g/mol. The number of nitrogen functional groups attached to an aromatic ring is 1. The van der Waals surface area contributed by atoms with Crippen molar-refractivity contribution < 1.29 is 0 Å². The first kappa shape index (κ1) is 12.4. The lowest BCUT2D eigenvalue weighted by molar-refractivity contribution is 0.757. The lowest BCUT2D eigenvalue weighted by Crippen LogP contribution is -2.21. The second-order valence-corrected chi connectivity index (χ2v) is 5.45. The molecule has 1 heterocycles. The van der Waals surface area contributed by atoms with E-state index in [1.165, 1.54) is 0 Å². The fraction of sp³-hybridized carbons (Fsp3) is 0.0833. The van der Waals surface area contributed by atoms with Gasteiger partial charge in [0, 0.05) is 16.4 Å². The van der Waals surface area contributed by atoms with Gasteiger partial charge in [0.1, 0.15) is 0 Å². The summed E-state index contributed by atoms with van der Waals surface area (Å²) in [5, 5.41) is 0. The molecule has 0 radical (unpaired) electrons. The Bertz CT molecular complexity index is 608. The molecule has 0 fully saturated rings. The fourth-order valence-electron chi connectivity index (χ4n) is 1.57. The smallest absolute Gasteiger partial charge is 0.265 e. The van der Waals surface area contributed by atoms with Gasteiger partial charge in [-0.05, 0) is 39.7 Å². The molecule has 0 saturated carbocycles. The summed E-state index contributed by atoms with van der Waals surface area (Å²) < 4.78 is 3.06. The van der Waals surface area contributed by atoms with Gasteiger partial charge in [0.25, 0.3) is 5.56 Å². The molecule has 0 aliphatic heterocycles. The Hall–Kier alpha value is -1.07. The normalized spacial score (nSPS) is 10.5. The molecule has 2 N–H and O–H groups in total. The molecule has 5 heteroatoms. The molecule has 0 unspecified atom stereocenters. The van der Waals surface area contributed by atoms with Crippen molar-refractivity contribution in [3.8, 4) is 0 Å². The predicted octanol–water partition coefficient (Wildman–Crippen LogP) is 3.00. The molecule has 0 saturated heterocycles. The van der Waals surface area contributed by atoms with Crippen molar-refractivity contribution in [2.75, 3.05) is 5.73 Å². The molecule has 1 aromatic heterocycles. The molecule has 0 aliphatic rings. The summed E-state index contributed by atoms with van der Waals surface area (Å²) in [7, 11) is 0. The number of hydrogen-bond donors (Lipinski definition) is 1. The molecular formula is C12H10Br2N2O. The second kappa shape index (κ2) is 5.06. The van der Waals surface area contributed by atoms with Gasteiger partial charge in [0.15, 0.2) is 0 Å². The minimum atomic E-state index is -0.0841. The summed E-state index contributed by atoms with van der Waals surface area (Å²) in [5.74, 6) is 0. The Balaban J connectivity index is 2.40. The number of hydrogen-bond acceptors (Lipinski definition) is 2. The lowest BCUT2D eigenvalue weighted by atomic mass is 10.2. The van der Waals surface area contributed by atoms with E-state index < -0.39 is 0 Å². The predicted molar refractivity (Wildman–Crippen MR) is 76.1 cm³/mol. The average Bonchev–Trinajstić information content (AvgIpc) is 2.25. The number of nitrogens with zero attached hydrogens (tertiary/aromatic N) is 1. The van der Waals surface area contributed by atoms with E-state index in [1.54, 1.807) is 16.8 Å². The summed E-state index contributed by atoms with van der Waals surface area (Å²) in [5.41, 5.74) is 7.23. The van der Waals surface area contributed by atoms with Gasteiger partial charge in [0.2, 0.25) is 0 Å². The highest BCUT2D eigenvalue weighted by molar-refractivity contribution is 9.10. The first-order valence-corrected chi connectivity index (χ1v) is 6.55. The number of benzene rings is 1. The molecule has 0 bridgehead atoms. The largest absolute Gasteiger partial charge is 0.398 e. The van der Waals surface area contributed by atoms with Gasteiger partial charge in [0.05, 0.1) is 11.0 Å². The van der Waals surface area contributed by atoms with E-state index in [9.17, 15) is 4.79 Å². The molecule has 0 aliphatic carbocycles. The van der Waals surface area contributed by atoms with Gasteiger partial charge in [-0.15, -0.1) is 0 Å². The van der Waals surface area contributed by atoms with Crippen LogP contribution in [0.3, 0.4) is 0 Å². The maximum Gasteiger partial charge on any atom is 0.265 e. The summed E-state index contributed by atoms with van der Waals surface area (Å²) in [6, 6.07) is 9.44. The van der Waals surface area contributed by atoms with Gasteiger partial charge in [-0.3, -0.25) is 4.79 Å². The van der Waals surface area contributed by atoms with Gasteiger partial charge >= 0.3 is 0 Å². The molecular weight excluding hydrogens is 348 g/mol. The third-order valence-corrected chi connectivity index (χ3v) is 3.37. The first-order chi connectivity index (χ1) is 8.06. The summed E-state index contributed by atoms with van der Waals surface area (Å²) in [6.45, 7) is 0.502. The zero-order valence-corrected chi connectivity index (χ0v) is 12.0. The third kappa shape index (κ3) is 2.98. The minimum absolute atomic E-state index is 0.0841. The maximum atomic E-state index is 11.9. The summed E-state index contributed by atoms with van der Waals surface area (Å²) in [6.07, 6.45) is 1.65. The zero-order valence-electron chi connectivity index (χ0n) is 8.86. The van der Waals surface area contributed by atoms with Crippen LogP contribution in [0.25, 0.3) is 0 Å². The third-order valence-electron chi connectivity index (χ3n) is 2.31. The van der Waals surface area contributed by atoms with E-state index in [-0.39, 0.29) is 5.56 Å². The molecule has 2 rings (SSSR count). The van der Waals surface area contributed by atoms with Crippen molar-refractivity contribution in [2.24, 2.45) is 0 Å². The molecule has 0 spiro atoms. The van der Waals surface area contributed by atoms with Gasteiger partial charge in [-0.25, -0.2) is 0 Å². The van der Waals surface area contributed by atoms with E-state index in [4.69, 9.17) is 5.73 Å². The summed E-state index contributed by atoms with van der Waals surface area (Å²) >= 11 is 6.60. The van der Waals surface area contributed by atoms with Crippen LogP contribution in [0.5, 0.6) is 0 Å². The molecule has 2 aromatic rings. The van der Waals surface area contributed by atoms with Crippen molar-refractivity contribution in [1.29, 1.82) is 0 Å². The fourth-order valence-corrected chi connectivity index (χ4v) is 2.51. The van der Waals surface area contributed by atoms with E-state index in [0.29, 0.717) is 16.7 Å². The van der Waals surface area contributed by atoms with Crippen LogP contribution >= 0.6 is 31.9 Å². The number of anilines is 1. The molecule has 0 amide bonds. The Kier molecular flexibility index (Phi) is 3.69. The zero-order chi connectivity index (χ0) is 12.4. The van der Waals surface area contributed by atoms with Crippen LogP contribution < -0.4 is 11.3 Å². The van der Waals surface area contributed by atoms with Gasteiger partial charge in [-0.2, -0.15) is 0 Å². The lowest BCUT2D eigenvalue weighted by Gasteiger charge is -2.08. The minimum Gasteiger partial charge on any atom is -0.398 e. The Morgan fingerprint density at radius 2 is 2.00 bits per heavy atom. The van der Waals surface area contributed by atoms with E-state index in [2.05, 4.69) is 31.9 Å².